The monoisotopic (exact) mass is 341 g/mol. The van der Waals surface area contributed by atoms with E-state index in [-0.39, 0.29) is 23.4 Å². The van der Waals surface area contributed by atoms with E-state index in [4.69, 9.17) is 16.3 Å². The van der Waals surface area contributed by atoms with Crippen LogP contribution in [0.1, 0.15) is 30.2 Å². The van der Waals surface area contributed by atoms with Crippen molar-refractivity contribution in [2.45, 2.75) is 25.7 Å². The fourth-order valence-corrected chi connectivity index (χ4v) is 2.29. The molecule has 0 N–H and O–H groups in total. The van der Waals surface area contributed by atoms with Crippen molar-refractivity contribution in [3.8, 4) is 0 Å². The van der Waals surface area contributed by atoms with Crippen molar-refractivity contribution < 1.29 is 18.3 Å². The summed E-state index contributed by atoms with van der Waals surface area (Å²) in [4.78, 5) is 15.0. The average Bonchev–Trinajstić information content (AvgIpc) is 2.31. The van der Waals surface area contributed by atoms with Crippen LogP contribution in [0.15, 0.2) is 10.7 Å². The van der Waals surface area contributed by atoms with Crippen LogP contribution in [-0.2, 0) is 21.8 Å². The maximum atomic E-state index is 12.7. The summed E-state index contributed by atoms with van der Waals surface area (Å²) in [6.45, 7) is 1.91. The Hall–Kier alpha value is -0.750. The lowest BCUT2D eigenvalue weighted by Gasteiger charge is -2.12. The zero-order chi connectivity index (χ0) is 13.7. The molecule has 1 heterocycles. The Morgan fingerprint density at radius 3 is 2.78 bits per heavy atom. The summed E-state index contributed by atoms with van der Waals surface area (Å²) in [7, 11) is 0. The number of pyridine rings is 1. The highest BCUT2D eigenvalue weighted by Gasteiger charge is 2.20. The smallest absolute Gasteiger partial charge is 0.310 e. The van der Waals surface area contributed by atoms with Gasteiger partial charge in [-0.3, -0.25) is 9.78 Å². The van der Waals surface area contributed by atoms with Gasteiger partial charge in [-0.05, 0) is 34.0 Å². The minimum absolute atomic E-state index is 0.0872. The standard InChI is InChI=1S/C11H11BrClF2NO2/c1-2-18-8(17)3-7-6(4-13)5-16-10(9(7)12)11(14)15/h5,11H,2-4H2,1H3. The van der Waals surface area contributed by atoms with Gasteiger partial charge >= 0.3 is 5.97 Å². The van der Waals surface area contributed by atoms with Crippen LogP contribution in [0.5, 0.6) is 0 Å². The number of nitrogens with zero attached hydrogens (tertiary/aromatic N) is 1. The van der Waals surface area contributed by atoms with Crippen LogP contribution in [-0.4, -0.2) is 17.6 Å². The topological polar surface area (TPSA) is 39.2 Å². The summed E-state index contributed by atoms with van der Waals surface area (Å²) >= 11 is 8.74. The maximum Gasteiger partial charge on any atom is 0.310 e. The Balaban J connectivity index is 3.13. The van der Waals surface area contributed by atoms with Crippen LogP contribution in [0, 0.1) is 0 Å². The molecule has 1 aromatic rings. The number of carbonyl (C=O) groups excluding carboxylic acids is 1. The lowest BCUT2D eigenvalue weighted by molar-refractivity contribution is -0.142. The largest absolute Gasteiger partial charge is 0.466 e. The van der Waals surface area contributed by atoms with Gasteiger partial charge in [0.25, 0.3) is 6.43 Å². The lowest BCUT2D eigenvalue weighted by atomic mass is 10.1. The van der Waals surface area contributed by atoms with Gasteiger partial charge in [-0.1, -0.05) is 0 Å². The van der Waals surface area contributed by atoms with E-state index in [0.29, 0.717) is 11.1 Å². The molecule has 1 aromatic heterocycles. The molecule has 0 atom stereocenters. The summed E-state index contributed by atoms with van der Waals surface area (Å²) in [5.74, 6) is -0.403. The highest BCUT2D eigenvalue weighted by Crippen LogP contribution is 2.31. The minimum atomic E-state index is -2.72. The van der Waals surface area contributed by atoms with Crippen molar-refractivity contribution in [1.82, 2.24) is 4.98 Å². The van der Waals surface area contributed by atoms with Gasteiger partial charge in [-0.15, -0.1) is 11.6 Å². The van der Waals surface area contributed by atoms with Gasteiger partial charge in [0.1, 0.15) is 5.69 Å². The lowest BCUT2D eigenvalue weighted by Crippen LogP contribution is -2.11. The molecule has 7 heteroatoms. The van der Waals surface area contributed by atoms with Gasteiger partial charge in [0.05, 0.1) is 13.0 Å². The summed E-state index contributed by atoms with van der Waals surface area (Å²) in [6, 6.07) is 0. The average molecular weight is 343 g/mol. The normalized spacial score (nSPS) is 10.8. The molecule has 0 aliphatic rings. The molecule has 0 radical (unpaired) electrons. The van der Waals surface area contributed by atoms with Gasteiger partial charge in [0.2, 0.25) is 0 Å². The van der Waals surface area contributed by atoms with Crippen molar-refractivity contribution in [2.24, 2.45) is 0 Å². The van der Waals surface area contributed by atoms with E-state index in [0.717, 1.165) is 0 Å². The van der Waals surface area contributed by atoms with E-state index in [2.05, 4.69) is 20.9 Å². The summed E-state index contributed by atoms with van der Waals surface area (Å²) in [6.07, 6.45) is -1.57. The van der Waals surface area contributed by atoms with Gasteiger partial charge in [-0.25, -0.2) is 8.78 Å². The van der Waals surface area contributed by atoms with Crippen molar-refractivity contribution >= 4 is 33.5 Å². The Kier molecular flexibility index (Phi) is 5.95. The number of carbonyl (C=O) groups is 1. The Morgan fingerprint density at radius 2 is 2.28 bits per heavy atom. The third-order valence-corrected chi connectivity index (χ3v) is 3.39. The van der Waals surface area contributed by atoms with Crippen molar-refractivity contribution in [3.05, 3.63) is 27.5 Å². The molecule has 0 fully saturated rings. The van der Waals surface area contributed by atoms with Crippen LogP contribution in [0.4, 0.5) is 8.78 Å². The van der Waals surface area contributed by atoms with E-state index in [9.17, 15) is 13.6 Å². The molecule has 0 bridgehead atoms. The highest BCUT2D eigenvalue weighted by molar-refractivity contribution is 9.10. The highest BCUT2D eigenvalue weighted by atomic mass is 79.9. The minimum Gasteiger partial charge on any atom is -0.466 e. The number of aromatic nitrogens is 1. The third-order valence-electron chi connectivity index (χ3n) is 2.21. The second kappa shape index (κ2) is 6.99. The Labute approximate surface area is 117 Å². The molecular formula is C11H11BrClF2NO2. The summed E-state index contributed by atoms with van der Waals surface area (Å²) < 4.78 is 30.3. The van der Waals surface area contributed by atoms with E-state index in [1.165, 1.54) is 6.20 Å². The number of halogens is 4. The first-order valence-corrected chi connectivity index (χ1v) is 6.49. The van der Waals surface area contributed by atoms with Gasteiger partial charge in [0.15, 0.2) is 0 Å². The van der Waals surface area contributed by atoms with Crippen LogP contribution in [0.3, 0.4) is 0 Å². The van der Waals surface area contributed by atoms with Crippen molar-refractivity contribution in [1.29, 1.82) is 0 Å². The van der Waals surface area contributed by atoms with Gasteiger partial charge in [0, 0.05) is 16.5 Å². The predicted molar refractivity (Wildman–Crippen MR) is 66.8 cm³/mol. The van der Waals surface area contributed by atoms with Crippen LogP contribution >= 0.6 is 27.5 Å². The Morgan fingerprint density at radius 1 is 1.61 bits per heavy atom. The molecule has 1 rings (SSSR count). The molecular weight excluding hydrogens is 331 g/mol. The number of esters is 1. The van der Waals surface area contributed by atoms with Crippen LogP contribution in [0.2, 0.25) is 0 Å². The number of rotatable bonds is 5. The Bertz CT molecular complexity index is 443. The third kappa shape index (κ3) is 3.62. The van der Waals surface area contributed by atoms with E-state index < -0.39 is 18.1 Å². The number of alkyl halides is 3. The molecule has 0 saturated heterocycles. The summed E-state index contributed by atoms with van der Waals surface area (Å²) in [5.41, 5.74) is 0.526. The molecule has 0 amide bonds. The SMILES string of the molecule is CCOC(=O)Cc1c(CCl)cnc(C(F)F)c1Br. The van der Waals surface area contributed by atoms with Crippen molar-refractivity contribution in [3.63, 3.8) is 0 Å². The number of hydrogen-bond donors (Lipinski definition) is 0. The fourth-order valence-electron chi connectivity index (χ4n) is 1.39. The zero-order valence-electron chi connectivity index (χ0n) is 9.55. The molecule has 3 nitrogen and oxygen atoms in total. The predicted octanol–water partition coefficient (Wildman–Crippen LogP) is 3.63. The van der Waals surface area contributed by atoms with Gasteiger partial charge in [-0.2, -0.15) is 0 Å². The second-order valence-corrected chi connectivity index (χ2v) is 4.44. The van der Waals surface area contributed by atoms with Crippen molar-refractivity contribution in [2.75, 3.05) is 6.61 Å². The molecule has 0 saturated carbocycles. The van der Waals surface area contributed by atoms with E-state index >= 15 is 0 Å². The molecule has 0 aromatic carbocycles. The quantitative estimate of drug-likeness (QED) is 0.606. The first-order chi connectivity index (χ1) is 8.51. The first-order valence-electron chi connectivity index (χ1n) is 5.17. The molecule has 0 unspecified atom stereocenters. The molecule has 0 spiro atoms. The number of hydrogen-bond acceptors (Lipinski definition) is 3. The molecule has 100 valence electrons. The van der Waals surface area contributed by atoms with E-state index in [1.807, 2.05) is 0 Å². The molecule has 0 aliphatic heterocycles. The van der Waals surface area contributed by atoms with E-state index in [1.54, 1.807) is 6.92 Å². The maximum absolute atomic E-state index is 12.7. The number of ether oxygens (including phenoxy) is 1. The van der Waals surface area contributed by atoms with Crippen LogP contribution < -0.4 is 0 Å². The molecule has 18 heavy (non-hydrogen) atoms. The first kappa shape index (κ1) is 15.3. The second-order valence-electron chi connectivity index (χ2n) is 3.38. The fraction of sp³-hybridized carbons (Fsp3) is 0.455. The summed E-state index contributed by atoms with van der Waals surface area (Å²) in [5, 5.41) is 0. The van der Waals surface area contributed by atoms with Crippen LogP contribution in [0.25, 0.3) is 0 Å². The molecule has 0 aliphatic carbocycles. The van der Waals surface area contributed by atoms with Gasteiger partial charge < -0.3 is 4.74 Å². The zero-order valence-corrected chi connectivity index (χ0v) is 11.9.